The third-order valence-corrected chi connectivity index (χ3v) is 3.91. The fraction of sp³-hybridized carbons (Fsp3) is 0.438. The van der Waals surface area contributed by atoms with Crippen molar-refractivity contribution in [2.75, 3.05) is 0 Å². The third-order valence-electron chi connectivity index (χ3n) is 3.30. The quantitative estimate of drug-likeness (QED) is 0.911. The normalized spacial score (nSPS) is 12.9. The van der Waals surface area contributed by atoms with E-state index in [4.69, 9.17) is 0 Å². The molecule has 1 atom stereocenters. The fourth-order valence-corrected chi connectivity index (χ4v) is 3.12. The number of aliphatic hydroxyl groups excluding tert-OH is 1. The molecular weight excluding hydrogens is 316 g/mol. The monoisotopic (exact) mass is 336 g/mol. The minimum absolute atomic E-state index is 0.227. The highest BCUT2D eigenvalue weighted by molar-refractivity contribution is 9.10. The first-order chi connectivity index (χ1) is 9.38. The highest BCUT2D eigenvalue weighted by Crippen LogP contribution is 2.28. The Hall–Kier alpha value is -1.13. The zero-order valence-electron chi connectivity index (χ0n) is 12.4. The van der Waals surface area contributed by atoms with Crippen LogP contribution in [0.3, 0.4) is 0 Å². The Morgan fingerprint density at radius 1 is 1.20 bits per heavy atom. The van der Waals surface area contributed by atoms with Crippen molar-refractivity contribution in [2.24, 2.45) is 0 Å². The average molecular weight is 337 g/mol. The average Bonchev–Trinajstić information content (AvgIpc) is 2.69. The summed E-state index contributed by atoms with van der Waals surface area (Å²) in [5.74, 6) is 0. The molecule has 4 heteroatoms. The highest BCUT2D eigenvalue weighted by Gasteiger charge is 2.19. The third kappa shape index (κ3) is 3.30. The SMILES string of the molecule is Cc1cc(C)cc(CC(O)c2c(Br)cnn2C(C)C)c1. The van der Waals surface area contributed by atoms with E-state index in [1.54, 1.807) is 6.20 Å². The molecule has 1 unspecified atom stereocenters. The summed E-state index contributed by atoms with van der Waals surface area (Å²) >= 11 is 3.48. The Balaban J connectivity index is 2.28. The van der Waals surface area contributed by atoms with Crippen LogP contribution in [0.5, 0.6) is 0 Å². The number of hydrogen-bond acceptors (Lipinski definition) is 2. The molecule has 0 saturated heterocycles. The Morgan fingerprint density at radius 2 is 1.80 bits per heavy atom. The van der Waals surface area contributed by atoms with Gasteiger partial charge in [-0.05, 0) is 49.2 Å². The van der Waals surface area contributed by atoms with E-state index in [0.717, 1.165) is 15.7 Å². The van der Waals surface area contributed by atoms with Crippen molar-refractivity contribution in [3.05, 3.63) is 51.3 Å². The van der Waals surface area contributed by atoms with E-state index in [0.29, 0.717) is 6.42 Å². The Labute approximate surface area is 128 Å². The van der Waals surface area contributed by atoms with Gasteiger partial charge in [-0.1, -0.05) is 29.3 Å². The van der Waals surface area contributed by atoms with E-state index in [-0.39, 0.29) is 6.04 Å². The molecule has 2 rings (SSSR count). The van der Waals surface area contributed by atoms with Crippen molar-refractivity contribution in [1.29, 1.82) is 0 Å². The van der Waals surface area contributed by atoms with Gasteiger partial charge in [0.1, 0.15) is 6.10 Å². The number of benzene rings is 1. The lowest BCUT2D eigenvalue weighted by Crippen LogP contribution is -2.13. The molecule has 108 valence electrons. The summed E-state index contributed by atoms with van der Waals surface area (Å²) in [4.78, 5) is 0. The number of nitrogens with zero attached hydrogens (tertiary/aromatic N) is 2. The number of aliphatic hydroxyl groups is 1. The second kappa shape index (κ2) is 6.10. The van der Waals surface area contributed by atoms with Gasteiger partial charge in [0, 0.05) is 12.5 Å². The van der Waals surface area contributed by atoms with Crippen molar-refractivity contribution in [2.45, 2.75) is 46.3 Å². The van der Waals surface area contributed by atoms with Gasteiger partial charge in [0.15, 0.2) is 0 Å². The van der Waals surface area contributed by atoms with Gasteiger partial charge in [0.05, 0.1) is 16.4 Å². The van der Waals surface area contributed by atoms with Crippen LogP contribution < -0.4 is 0 Å². The molecular formula is C16H21BrN2O. The van der Waals surface area contributed by atoms with Gasteiger partial charge in [-0.3, -0.25) is 4.68 Å². The lowest BCUT2D eigenvalue weighted by Gasteiger charge is -2.17. The molecule has 0 aliphatic heterocycles. The molecule has 0 amide bonds. The molecule has 20 heavy (non-hydrogen) atoms. The molecule has 0 saturated carbocycles. The van der Waals surface area contributed by atoms with Crippen LogP contribution in [0.4, 0.5) is 0 Å². The Kier molecular flexibility index (Phi) is 4.66. The second-order valence-electron chi connectivity index (χ2n) is 5.63. The van der Waals surface area contributed by atoms with Crippen LogP contribution in [0.2, 0.25) is 0 Å². The molecule has 0 aliphatic carbocycles. The molecule has 0 radical (unpaired) electrons. The lowest BCUT2D eigenvalue weighted by atomic mass is 10.0. The van der Waals surface area contributed by atoms with Gasteiger partial charge in [-0.15, -0.1) is 0 Å². The number of halogens is 1. The first-order valence-corrected chi connectivity index (χ1v) is 7.66. The molecule has 1 N–H and O–H groups in total. The zero-order chi connectivity index (χ0) is 14.9. The largest absolute Gasteiger partial charge is 0.386 e. The van der Waals surface area contributed by atoms with E-state index in [2.05, 4.69) is 66.9 Å². The number of rotatable bonds is 4. The Morgan fingerprint density at radius 3 is 2.35 bits per heavy atom. The summed E-state index contributed by atoms with van der Waals surface area (Å²) in [6.07, 6.45) is 1.79. The second-order valence-corrected chi connectivity index (χ2v) is 6.49. The van der Waals surface area contributed by atoms with Crippen molar-refractivity contribution in [3.63, 3.8) is 0 Å². The summed E-state index contributed by atoms with van der Waals surface area (Å²) < 4.78 is 2.74. The number of aromatic nitrogens is 2. The van der Waals surface area contributed by atoms with Crippen molar-refractivity contribution >= 4 is 15.9 Å². The molecule has 1 aromatic heterocycles. The molecule has 0 aliphatic rings. The number of aryl methyl sites for hydroxylation is 2. The van der Waals surface area contributed by atoms with Gasteiger partial charge in [-0.2, -0.15) is 5.10 Å². The van der Waals surface area contributed by atoms with Crippen molar-refractivity contribution in [1.82, 2.24) is 9.78 Å². The van der Waals surface area contributed by atoms with Crippen LogP contribution in [0.1, 0.15) is 48.4 Å². The van der Waals surface area contributed by atoms with Crippen LogP contribution in [0.15, 0.2) is 28.9 Å². The maximum Gasteiger partial charge on any atom is 0.101 e. The van der Waals surface area contributed by atoms with Crippen molar-refractivity contribution < 1.29 is 5.11 Å². The predicted molar refractivity (Wildman–Crippen MR) is 84.9 cm³/mol. The Bertz CT molecular complexity index is 584. The van der Waals surface area contributed by atoms with Crippen LogP contribution >= 0.6 is 15.9 Å². The summed E-state index contributed by atoms with van der Waals surface area (Å²) in [6.45, 7) is 8.29. The maximum absolute atomic E-state index is 10.6. The van der Waals surface area contributed by atoms with Gasteiger partial charge in [0.25, 0.3) is 0 Å². The van der Waals surface area contributed by atoms with Crippen LogP contribution in [0, 0.1) is 13.8 Å². The minimum Gasteiger partial charge on any atom is -0.386 e. The molecule has 0 fully saturated rings. The smallest absolute Gasteiger partial charge is 0.101 e. The van der Waals surface area contributed by atoms with Gasteiger partial charge < -0.3 is 5.11 Å². The first-order valence-electron chi connectivity index (χ1n) is 6.86. The summed E-state index contributed by atoms with van der Waals surface area (Å²) in [6, 6.07) is 6.62. The molecule has 0 bridgehead atoms. The highest BCUT2D eigenvalue weighted by atomic mass is 79.9. The summed E-state index contributed by atoms with van der Waals surface area (Å²) in [5.41, 5.74) is 4.45. The minimum atomic E-state index is -0.560. The van der Waals surface area contributed by atoms with Crippen LogP contribution in [-0.4, -0.2) is 14.9 Å². The van der Waals surface area contributed by atoms with Gasteiger partial charge in [0.2, 0.25) is 0 Å². The van der Waals surface area contributed by atoms with E-state index in [1.165, 1.54) is 11.1 Å². The standard InChI is InChI=1S/C16H21BrN2O/c1-10(2)19-16(14(17)9-18-19)15(20)8-13-6-11(3)5-12(4)7-13/h5-7,9-10,15,20H,8H2,1-4H3. The first kappa shape index (κ1) is 15.3. The van der Waals surface area contributed by atoms with Gasteiger partial charge >= 0.3 is 0 Å². The van der Waals surface area contributed by atoms with Gasteiger partial charge in [-0.25, -0.2) is 0 Å². The fourth-order valence-electron chi connectivity index (χ4n) is 2.58. The summed E-state index contributed by atoms with van der Waals surface area (Å²) in [7, 11) is 0. The predicted octanol–water partition coefficient (Wildman–Crippen LogP) is 4.12. The molecule has 1 heterocycles. The van der Waals surface area contributed by atoms with E-state index in [1.807, 2.05) is 4.68 Å². The van der Waals surface area contributed by atoms with E-state index in [9.17, 15) is 5.11 Å². The van der Waals surface area contributed by atoms with Crippen LogP contribution in [0.25, 0.3) is 0 Å². The molecule has 1 aromatic carbocycles. The topological polar surface area (TPSA) is 38.1 Å². The number of hydrogen-bond donors (Lipinski definition) is 1. The zero-order valence-corrected chi connectivity index (χ0v) is 14.0. The lowest BCUT2D eigenvalue weighted by molar-refractivity contribution is 0.164. The molecule has 3 nitrogen and oxygen atoms in total. The van der Waals surface area contributed by atoms with Crippen molar-refractivity contribution in [3.8, 4) is 0 Å². The molecule has 0 spiro atoms. The molecule has 2 aromatic rings. The van der Waals surface area contributed by atoms with E-state index < -0.39 is 6.10 Å². The van der Waals surface area contributed by atoms with E-state index >= 15 is 0 Å². The summed E-state index contributed by atoms with van der Waals surface area (Å²) in [5, 5.41) is 14.9. The van der Waals surface area contributed by atoms with Crippen LogP contribution in [-0.2, 0) is 6.42 Å². The maximum atomic E-state index is 10.6.